The van der Waals surface area contributed by atoms with E-state index >= 15 is 0 Å². The van der Waals surface area contributed by atoms with Gasteiger partial charge in [-0.25, -0.2) is 4.39 Å². The first kappa shape index (κ1) is 17.1. The molecule has 6 heteroatoms. The van der Waals surface area contributed by atoms with Crippen molar-refractivity contribution in [1.29, 1.82) is 0 Å². The maximum absolute atomic E-state index is 13.3. The van der Waals surface area contributed by atoms with Gasteiger partial charge in [-0.15, -0.1) is 0 Å². The first-order chi connectivity index (χ1) is 11.1. The Morgan fingerprint density at radius 2 is 1.91 bits per heavy atom. The quantitative estimate of drug-likeness (QED) is 0.844. The van der Waals surface area contributed by atoms with Gasteiger partial charge in [-0.3, -0.25) is 4.79 Å². The number of nitrogens with one attached hydrogen (secondary N) is 1. The Morgan fingerprint density at radius 1 is 1.22 bits per heavy atom. The van der Waals surface area contributed by atoms with Gasteiger partial charge in [-0.05, 0) is 36.4 Å². The fraction of sp³-hybridized carbons (Fsp3) is 0.235. The summed E-state index contributed by atoms with van der Waals surface area (Å²) < 4.78 is 18.5. The van der Waals surface area contributed by atoms with Crippen LogP contribution >= 0.6 is 11.6 Å². The molecule has 0 bridgehead atoms. The number of carbonyl (C=O) groups excluding carboxylic acids is 1. The molecule has 0 saturated carbocycles. The molecule has 1 N–H and O–H groups in total. The van der Waals surface area contributed by atoms with E-state index in [1.807, 2.05) is 36.2 Å². The monoisotopic (exact) mass is 336 g/mol. The van der Waals surface area contributed by atoms with Crippen molar-refractivity contribution in [2.45, 2.75) is 0 Å². The van der Waals surface area contributed by atoms with Crippen molar-refractivity contribution >= 4 is 23.2 Å². The van der Waals surface area contributed by atoms with E-state index in [-0.39, 0.29) is 18.3 Å². The molecule has 23 heavy (non-hydrogen) atoms. The number of carbonyl (C=O) groups is 1. The average molecular weight is 337 g/mol. The third kappa shape index (κ3) is 5.45. The van der Waals surface area contributed by atoms with E-state index in [1.54, 1.807) is 12.1 Å². The number of likely N-dealkylation sites (N-methyl/N-ethyl adjacent to an activating group) is 1. The second-order valence-corrected chi connectivity index (χ2v) is 5.40. The van der Waals surface area contributed by atoms with Crippen molar-refractivity contribution in [1.82, 2.24) is 5.32 Å². The summed E-state index contributed by atoms with van der Waals surface area (Å²) in [7, 11) is 1.92. The molecule has 0 aliphatic rings. The molecule has 0 fully saturated rings. The Bertz CT molecular complexity index is 649. The molecular formula is C17H18ClFN2O2. The lowest BCUT2D eigenvalue weighted by Gasteiger charge is -2.19. The van der Waals surface area contributed by atoms with Crippen LogP contribution in [0.15, 0.2) is 48.5 Å². The number of amides is 1. The van der Waals surface area contributed by atoms with Crippen LogP contribution in [-0.2, 0) is 4.79 Å². The number of anilines is 1. The van der Waals surface area contributed by atoms with E-state index in [2.05, 4.69) is 5.32 Å². The van der Waals surface area contributed by atoms with Crippen LogP contribution in [0.2, 0.25) is 5.02 Å². The van der Waals surface area contributed by atoms with Crippen LogP contribution in [0.4, 0.5) is 10.1 Å². The number of hydrogen-bond acceptors (Lipinski definition) is 3. The molecule has 2 rings (SSSR count). The maximum Gasteiger partial charge on any atom is 0.258 e. The average Bonchev–Trinajstić information content (AvgIpc) is 2.54. The normalized spacial score (nSPS) is 10.2. The molecule has 0 spiro atoms. The zero-order valence-corrected chi connectivity index (χ0v) is 13.5. The highest BCUT2D eigenvalue weighted by molar-refractivity contribution is 6.30. The lowest BCUT2D eigenvalue weighted by molar-refractivity contribution is -0.123. The third-order valence-electron chi connectivity index (χ3n) is 3.23. The van der Waals surface area contributed by atoms with Crippen LogP contribution in [0, 0.1) is 5.82 Å². The van der Waals surface area contributed by atoms with Crippen molar-refractivity contribution in [2.24, 2.45) is 0 Å². The number of halogens is 2. The van der Waals surface area contributed by atoms with Gasteiger partial charge in [-0.2, -0.15) is 0 Å². The number of para-hydroxylation sites is 1. The number of benzene rings is 2. The summed E-state index contributed by atoms with van der Waals surface area (Å²) >= 11 is 5.84. The van der Waals surface area contributed by atoms with Crippen LogP contribution in [0.1, 0.15) is 0 Å². The molecule has 0 saturated heterocycles. The third-order valence-corrected chi connectivity index (χ3v) is 3.48. The first-order valence-electron chi connectivity index (χ1n) is 7.17. The van der Waals surface area contributed by atoms with Gasteiger partial charge < -0.3 is 15.0 Å². The smallest absolute Gasteiger partial charge is 0.258 e. The fourth-order valence-electron chi connectivity index (χ4n) is 1.94. The highest BCUT2D eigenvalue weighted by atomic mass is 35.5. The van der Waals surface area contributed by atoms with E-state index < -0.39 is 5.82 Å². The van der Waals surface area contributed by atoms with Crippen molar-refractivity contribution in [2.75, 3.05) is 31.6 Å². The zero-order valence-electron chi connectivity index (χ0n) is 12.8. The summed E-state index contributed by atoms with van der Waals surface area (Å²) in [5, 5.41) is 3.41. The van der Waals surface area contributed by atoms with Crippen molar-refractivity contribution in [3.8, 4) is 5.75 Å². The molecule has 0 aliphatic heterocycles. The number of nitrogens with zero attached hydrogens (tertiary/aromatic N) is 1. The molecule has 0 atom stereocenters. The maximum atomic E-state index is 13.3. The fourth-order valence-corrected chi connectivity index (χ4v) is 2.07. The van der Waals surface area contributed by atoms with Crippen molar-refractivity contribution in [3.63, 3.8) is 0 Å². The summed E-state index contributed by atoms with van der Waals surface area (Å²) in [5.41, 5.74) is 1.01. The van der Waals surface area contributed by atoms with Crippen LogP contribution in [0.5, 0.6) is 5.75 Å². The molecule has 0 radical (unpaired) electrons. The van der Waals surface area contributed by atoms with E-state index in [0.29, 0.717) is 18.1 Å². The van der Waals surface area contributed by atoms with Gasteiger partial charge in [0.1, 0.15) is 0 Å². The van der Waals surface area contributed by atoms with Gasteiger partial charge in [0, 0.05) is 30.8 Å². The van der Waals surface area contributed by atoms with Gasteiger partial charge in [0.25, 0.3) is 5.91 Å². The van der Waals surface area contributed by atoms with Crippen molar-refractivity contribution < 1.29 is 13.9 Å². The molecule has 1 amide bonds. The predicted octanol–water partition coefficient (Wildman–Crippen LogP) is 3.11. The molecule has 0 aliphatic carbocycles. The molecular weight excluding hydrogens is 319 g/mol. The lowest BCUT2D eigenvalue weighted by atomic mass is 10.3. The molecule has 4 nitrogen and oxygen atoms in total. The standard InChI is InChI=1S/C17H18ClFN2O2/c1-21(14-8-6-13(18)7-9-14)11-10-20-17(22)12-23-16-5-3-2-4-15(16)19/h2-9H,10-12H2,1H3,(H,20,22). The Kier molecular flexibility index (Phi) is 6.23. The predicted molar refractivity (Wildman–Crippen MR) is 89.6 cm³/mol. The molecule has 122 valence electrons. The number of ether oxygens (including phenoxy) is 1. The topological polar surface area (TPSA) is 41.6 Å². The second kappa shape index (κ2) is 8.39. The van der Waals surface area contributed by atoms with E-state index in [4.69, 9.17) is 16.3 Å². The minimum atomic E-state index is -0.484. The molecule has 2 aromatic carbocycles. The Morgan fingerprint density at radius 3 is 2.61 bits per heavy atom. The van der Waals surface area contributed by atoms with E-state index in [9.17, 15) is 9.18 Å². The Hall–Kier alpha value is -2.27. The largest absolute Gasteiger partial charge is 0.481 e. The molecule has 0 unspecified atom stereocenters. The summed E-state index contributed by atoms with van der Waals surface area (Å²) in [6.07, 6.45) is 0. The molecule has 0 aromatic heterocycles. The van der Waals surface area contributed by atoms with E-state index in [1.165, 1.54) is 12.1 Å². The van der Waals surface area contributed by atoms with Gasteiger partial charge in [0.2, 0.25) is 0 Å². The molecule has 2 aromatic rings. The second-order valence-electron chi connectivity index (χ2n) is 4.97. The van der Waals surface area contributed by atoms with Crippen LogP contribution in [-0.4, -0.2) is 32.7 Å². The van der Waals surface area contributed by atoms with Crippen LogP contribution in [0.25, 0.3) is 0 Å². The number of rotatable bonds is 7. The lowest BCUT2D eigenvalue weighted by Crippen LogP contribution is -2.35. The van der Waals surface area contributed by atoms with Crippen LogP contribution in [0.3, 0.4) is 0 Å². The van der Waals surface area contributed by atoms with Crippen LogP contribution < -0.4 is 15.0 Å². The summed E-state index contributed by atoms with van der Waals surface area (Å²) in [6.45, 7) is 0.872. The number of hydrogen-bond donors (Lipinski definition) is 1. The Balaban J connectivity index is 1.70. The van der Waals surface area contributed by atoms with Gasteiger partial charge in [0.15, 0.2) is 18.2 Å². The summed E-state index contributed by atoms with van der Waals surface area (Å²) in [6, 6.07) is 13.4. The van der Waals surface area contributed by atoms with Crippen molar-refractivity contribution in [3.05, 3.63) is 59.4 Å². The van der Waals surface area contributed by atoms with Gasteiger partial charge in [-0.1, -0.05) is 23.7 Å². The van der Waals surface area contributed by atoms with Gasteiger partial charge >= 0.3 is 0 Å². The van der Waals surface area contributed by atoms with E-state index in [0.717, 1.165) is 5.69 Å². The highest BCUT2D eigenvalue weighted by Gasteiger charge is 2.06. The first-order valence-corrected chi connectivity index (χ1v) is 7.55. The minimum absolute atomic E-state index is 0.0703. The highest BCUT2D eigenvalue weighted by Crippen LogP contribution is 2.16. The zero-order chi connectivity index (χ0) is 16.7. The van der Waals surface area contributed by atoms with Gasteiger partial charge in [0.05, 0.1) is 0 Å². The molecule has 0 heterocycles. The SMILES string of the molecule is CN(CCNC(=O)COc1ccccc1F)c1ccc(Cl)cc1. The summed E-state index contributed by atoms with van der Waals surface area (Å²) in [4.78, 5) is 13.7. The Labute approximate surface area is 139 Å². The minimum Gasteiger partial charge on any atom is -0.481 e. The summed E-state index contributed by atoms with van der Waals surface area (Å²) in [5.74, 6) is -0.707.